The molecule has 0 aromatic heterocycles. The highest BCUT2D eigenvalue weighted by molar-refractivity contribution is 5.86. The summed E-state index contributed by atoms with van der Waals surface area (Å²) in [4.78, 5) is 13.5. The minimum Gasteiger partial charge on any atom is -0.396 e. The van der Waals surface area contributed by atoms with Gasteiger partial charge in [0, 0.05) is 26.2 Å². The van der Waals surface area contributed by atoms with Crippen LogP contribution < -0.4 is 5.32 Å². The number of piperazine rings is 1. The molecule has 0 saturated carbocycles. The summed E-state index contributed by atoms with van der Waals surface area (Å²) < 4.78 is 0. The van der Waals surface area contributed by atoms with Crippen molar-refractivity contribution >= 4 is 5.91 Å². The zero-order chi connectivity index (χ0) is 9.90. The summed E-state index contributed by atoms with van der Waals surface area (Å²) in [5, 5.41) is 11.8. The second-order valence-electron chi connectivity index (χ2n) is 3.92. The maximum atomic E-state index is 11.7. The molecular formula is C9H18N2O2. The van der Waals surface area contributed by atoms with Gasteiger partial charge in [-0.3, -0.25) is 4.79 Å². The van der Waals surface area contributed by atoms with Crippen molar-refractivity contribution in [3.8, 4) is 0 Å². The molecule has 1 fully saturated rings. The monoisotopic (exact) mass is 186 g/mol. The molecule has 4 nitrogen and oxygen atoms in total. The minimum atomic E-state index is -0.437. The minimum absolute atomic E-state index is 0.132. The third kappa shape index (κ3) is 2.42. The molecule has 0 aromatic carbocycles. The van der Waals surface area contributed by atoms with Crippen LogP contribution in [0.2, 0.25) is 0 Å². The van der Waals surface area contributed by atoms with Gasteiger partial charge < -0.3 is 15.3 Å². The summed E-state index contributed by atoms with van der Waals surface area (Å²) in [7, 11) is 0. The van der Waals surface area contributed by atoms with E-state index in [1.54, 1.807) is 0 Å². The van der Waals surface area contributed by atoms with Crippen molar-refractivity contribution in [3.05, 3.63) is 0 Å². The molecule has 0 unspecified atom stereocenters. The number of aliphatic hydroxyl groups is 1. The number of hydrogen-bond acceptors (Lipinski definition) is 3. The molecule has 0 aromatic rings. The Morgan fingerprint density at radius 2 is 2.31 bits per heavy atom. The van der Waals surface area contributed by atoms with Crippen molar-refractivity contribution in [2.24, 2.45) is 0 Å². The van der Waals surface area contributed by atoms with Crippen LogP contribution in [-0.4, -0.2) is 47.7 Å². The Hall–Kier alpha value is -0.610. The standard InChI is InChI=1S/C9H18N2O2/c1-9(2)8(13)11(5-3-7-12)6-4-10-9/h10,12H,3-7H2,1-2H3. The molecule has 76 valence electrons. The molecule has 1 aliphatic rings. The van der Waals surface area contributed by atoms with Gasteiger partial charge in [-0.05, 0) is 20.3 Å². The van der Waals surface area contributed by atoms with Gasteiger partial charge in [-0.1, -0.05) is 0 Å². The van der Waals surface area contributed by atoms with Crippen LogP contribution in [0, 0.1) is 0 Å². The van der Waals surface area contributed by atoms with E-state index >= 15 is 0 Å². The first kappa shape index (κ1) is 10.5. The van der Waals surface area contributed by atoms with Gasteiger partial charge in [0.15, 0.2) is 0 Å². The summed E-state index contributed by atoms with van der Waals surface area (Å²) >= 11 is 0. The number of rotatable bonds is 3. The summed E-state index contributed by atoms with van der Waals surface area (Å²) in [6.45, 7) is 6.19. The third-order valence-corrected chi connectivity index (χ3v) is 2.36. The lowest BCUT2D eigenvalue weighted by molar-refractivity contribution is -0.139. The van der Waals surface area contributed by atoms with E-state index in [-0.39, 0.29) is 12.5 Å². The third-order valence-electron chi connectivity index (χ3n) is 2.36. The number of carbonyl (C=O) groups is 1. The molecule has 1 amide bonds. The van der Waals surface area contributed by atoms with E-state index in [4.69, 9.17) is 5.11 Å². The molecule has 0 bridgehead atoms. The Morgan fingerprint density at radius 3 is 2.92 bits per heavy atom. The van der Waals surface area contributed by atoms with Crippen LogP contribution >= 0.6 is 0 Å². The smallest absolute Gasteiger partial charge is 0.242 e. The van der Waals surface area contributed by atoms with Crippen LogP contribution in [0.15, 0.2) is 0 Å². The van der Waals surface area contributed by atoms with Crippen molar-refractivity contribution in [3.63, 3.8) is 0 Å². The summed E-state index contributed by atoms with van der Waals surface area (Å²) in [5.41, 5.74) is -0.437. The second kappa shape index (κ2) is 4.07. The SMILES string of the molecule is CC1(C)NCCN(CCCO)C1=O. The van der Waals surface area contributed by atoms with Gasteiger partial charge >= 0.3 is 0 Å². The van der Waals surface area contributed by atoms with Gasteiger partial charge in [0.25, 0.3) is 0 Å². The average Bonchev–Trinajstić information content (AvgIpc) is 2.08. The van der Waals surface area contributed by atoms with E-state index in [0.717, 1.165) is 13.1 Å². The van der Waals surface area contributed by atoms with E-state index in [9.17, 15) is 4.79 Å². The fourth-order valence-corrected chi connectivity index (χ4v) is 1.55. The summed E-state index contributed by atoms with van der Waals surface area (Å²) in [6.07, 6.45) is 0.668. The zero-order valence-electron chi connectivity index (χ0n) is 8.34. The predicted molar refractivity (Wildman–Crippen MR) is 50.4 cm³/mol. The quantitative estimate of drug-likeness (QED) is 0.629. The van der Waals surface area contributed by atoms with Crippen molar-refractivity contribution in [2.75, 3.05) is 26.2 Å². The molecule has 13 heavy (non-hydrogen) atoms. The molecule has 0 atom stereocenters. The van der Waals surface area contributed by atoms with E-state index in [0.29, 0.717) is 13.0 Å². The molecule has 1 saturated heterocycles. The van der Waals surface area contributed by atoms with E-state index < -0.39 is 5.54 Å². The Balaban J connectivity index is 2.51. The number of carbonyl (C=O) groups excluding carboxylic acids is 1. The zero-order valence-corrected chi connectivity index (χ0v) is 8.34. The topological polar surface area (TPSA) is 52.6 Å². The van der Waals surface area contributed by atoms with E-state index in [1.165, 1.54) is 0 Å². The van der Waals surface area contributed by atoms with Gasteiger partial charge in [-0.15, -0.1) is 0 Å². The first-order valence-electron chi connectivity index (χ1n) is 4.73. The van der Waals surface area contributed by atoms with Crippen LogP contribution in [0.1, 0.15) is 20.3 Å². The fourth-order valence-electron chi connectivity index (χ4n) is 1.55. The molecule has 0 spiro atoms. The van der Waals surface area contributed by atoms with Crippen LogP contribution in [-0.2, 0) is 4.79 Å². The van der Waals surface area contributed by atoms with Crippen LogP contribution in [0.4, 0.5) is 0 Å². The highest BCUT2D eigenvalue weighted by atomic mass is 16.3. The molecule has 1 heterocycles. The van der Waals surface area contributed by atoms with E-state index in [1.807, 2.05) is 18.7 Å². The lowest BCUT2D eigenvalue weighted by Gasteiger charge is -2.38. The Bertz CT molecular complexity index is 192. The van der Waals surface area contributed by atoms with Crippen molar-refractivity contribution in [2.45, 2.75) is 25.8 Å². The number of nitrogens with zero attached hydrogens (tertiary/aromatic N) is 1. The normalized spacial score (nSPS) is 22.1. The average molecular weight is 186 g/mol. The lowest BCUT2D eigenvalue weighted by Crippen LogP contribution is -2.61. The first-order valence-corrected chi connectivity index (χ1v) is 4.73. The van der Waals surface area contributed by atoms with Crippen molar-refractivity contribution in [1.29, 1.82) is 0 Å². The molecule has 1 rings (SSSR count). The van der Waals surface area contributed by atoms with Gasteiger partial charge in [-0.2, -0.15) is 0 Å². The molecular weight excluding hydrogens is 168 g/mol. The Kier molecular flexibility index (Phi) is 3.27. The highest BCUT2D eigenvalue weighted by Gasteiger charge is 2.34. The summed E-state index contributed by atoms with van der Waals surface area (Å²) in [6, 6.07) is 0. The van der Waals surface area contributed by atoms with Gasteiger partial charge in [0.1, 0.15) is 0 Å². The fraction of sp³-hybridized carbons (Fsp3) is 0.889. The van der Waals surface area contributed by atoms with Crippen LogP contribution in [0.25, 0.3) is 0 Å². The number of nitrogens with one attached hydrogen (secondary N) is 1. The van der Waals surface area contributed by atoms with Crippen LogP contribution in [0.5, 0.6) is 0 Å². The first-order chi connectivity index (χ1) is 6.08. The number of hydrogen-bond donors (Lipinski definition) is 2. The maximum Gasteiger partial charge on any atom is 0.242 e. The molecule has 2 N–H and O–H groups in total. The van der Waals surface area contributed by atoms with Crippen molar-refractivity contribution < 1.29 is 9.90 Å². The molecule has 0 aliphatic carbocycles. The second-order valence-corrected chi connectivity index (χ2v) is 3.92. The van der Waals surface area contributed by atoms with Gasteiger partial charge in [-0.25, -0.2) is 0 Å². The lowest BCUT2D eigenvalue weighted by atomic mass is 10.0. The summed E-state index contributed by atoms with van der Waals surface area (Å²) in [5.74, 6) is 0.132. The Labute approximate surface area is 78.9 Å². The molecule has 0 radical (unpaired) electrons. The van der Waals surface area contributed by atoms with Crippen LogP contribution in [0.3, 0.4) is 0 Å². The molecule has 4 heteroatoms. The molecule has 1 aliphatic heterocycles. The highest BCUT2D eigenvalue weighted by Crippen LogP contribution is 2.12. The largest absolute Gasteiger partial charge is 0.396 e. The number of aliphatic hydroxyl groups excluding tert-OH is 1. The number of amides is 1. The van der Waals surface area contributed by atoms with Gasteiger partial charge in [0.2, 0.25) is 5.91 Å². The Morgan fingerprint density at radius 1 is 1.62 bits per heavy atom. The van der Waals surface area contributed by atoms with Gasteiger partial charge in [0.05, 0.1) is 5.54 Å². The maximum absolute atomic E-state index is 11.7. The predicted octanol–water partition coefficient (Wildman–Crippen LogP) is -0.421. The van der Waals surface area contributed by atoms with E-state index in [2.05, 4.69) is 5.32 Å². The van der Waals surface area contributed by atoms with Crippen molar-refractivity contribution in [1.82, 2.24) is 10.2 Å².